The second-order valence-corrected chi connectivity index (χ2v) is 7.21. The van der Waals surface area contributed by atoms with Gasteiger partial charge in [0.1, 0.15) is 17.6 Å². The second-order valence-electron chi connectivity index (χ2n) is 7.21. The molecule has 0 saturated carbocycles. The minimum absolute atomic E-state index is 0.0576. The number of benzene rings is 1. The zero-order chi connectivity index (χ0) is 21.5. The van der Waals surface area contributed by atoms with E-state index in [9.17, 15) is 18.8 Å². The van der Waals surface area contributed by atoms with Gasteiger partial charge in [-0.25, -0.2) is 9.37 Å². The number of amides is 3. The van der Waals surface area contributed by atoms with E-state index in [1.54, 1.807) is 23.1 Å². The number of carbonyl (C=O) groups is 3. The third-order valence-corrected chi connectivity index (χ3v) is 4.99. The Bertz CT molecular complexity index is 901. The highest BCUT2D eigenvalue weighted by molar-refractivity contribution is 5.92. The minimum atomic E-state index is -0.876. The van der Waals surface area contributed by atoms with Crippen LogP contribution in [0, 0.1) is 5.82 Å². The third-order valence-electron chi connectivity index (χ3n) is 4.99. The Hall–Kier alpha value is -3.36. The lowest BCUT2D eigenvalue weighted by Gasteiger charge is -2.33. The molecule has 1 saturated heterocycles. The highest BCUT2D eigenvalue weighted by Crippen LogP contribution is 2.14. The first-order valence-electron chi connectivity index (χ1n) is 9.80. The summed E-state index contributed by atoms with van der Waals surface area (Å²) >= 11 is 0. The van der Waals surface area contributed by atoms with Crippen LogP contribution in [0.4, 0.5) is 4.39 Å². The van der Waals surface area contributed by atoms with Crippen molar-refractivity contribution in [3.8, 4) is 0 Å². The first-order valence-corrected chi connectivity index (χ1v) is 9.80. The zero-order valence-electron chi connectivity index (χ0n) is 16.7. The van der Waals surface area contributed by atoms with E-state index >= 15 is 0 Å². The van der Waals surface area contributed by atoms with Gasteiger partial charge in [0.15, 0.2) is 0 Å². The Labute approximate surface area is 173 Å². The SMILES string of the molecule is CC(=O)N[C@@H](Cc1ccccc1F)C(=O)NC1CCN(C(=O)c2cnccn2)CC1. The van der Waals surface area contributed by atoms with Gasteiger partial charge < -0.3 is 15.5 Å². The number of piperidine rings is 1. The molecule has 1 fully saturated rings. The van der Waals surface area contributed by atoms with Gasteiger partial charge in [0, 0.05) is 44.9 Å². The van der Waals surface area contributed by atoms with Gasteiger partial charge in [-0.15, -0.1) is 0 Å². The van der Waals surface area contributed by atoms with Gasteiger partial charge in [0.2, 0.25) is 11.8 Å². The van der Waals surface area contributed by atoms with E-state index < -0.39 is 11.9 Å². The number of aromatic nitrogens is 2. The first kappa shape index (κ1) is 21.4. The monoisotopic (exact) mass is 413 g/mol. The van der Waals surface area contributed by atoms with Gasteiger partial charge in [-0.2, -0.15) is 0 Å². The Morgan fingerprint density at radius 2 is 1.93 bits per heavy atom. The fourth-order valence-electron chi connectivity index (χ4n) is 3.44. The van der Waals surface area contributed by atoms with E-state index in [1.165, 1.54) is 31.6 Å². The molecular formula is C21H24FN5O3. The average Bonchev–Trinajstić information content (AvgIpc) is 2.75. The standard InChI is InChI=1S/C21H24FN5O3/c1-14(28)25-18(12-15-4-2-3-5-17(15)22)20(29)26-16-6-10-27(11-7-16)21(30)19-13-23-8-9-24-19/h2-5,8-9,13,16,18H,6-7,10-12H2,1H3,(H,25,28)(H,26,29)/t18-/m0/s1. The van der Waals surface area contributed by atoms with E-state index in [2.05, 4.69) is 20.6 Å². The van der Waals surface area contributed by atoms with Crippen LogP contribution in [0.3, 0.4) is 0 Å². The van der Waals surface area contributed by atoms with Crippen molar-refractivity contribution in [2.24, 2.45) is 0 Å². The average molecular weight is 413 g/mol. The fourth-order valence-corrected chi connectivity index (χ4v) is 3.44. The lowest BCUT2D eigenvalue weighted by Crippen LogP contribution is -2.53. The molecule has 1 atom stereocenters. The van der Waals surface area contributed by atoms with Gasteiger partial charge in [0.25, 0.3) is 5.91 Å². The molecule has 0 spiro atoms. The third kappa shape index (κ3) is 5.59. The molecule has 0 unspecified atom stereocenters. The van der Waals surface area contributed by atoms with Gasteiger partial charge in [-0.05, 0) is 24.5 Å². The number of hydrogen-bond donors (Lipinski definition) is 2. The van der Waals surface area contributed by atoms with Crippen LogP contribution < -0.4 is 10.6 Å². The van der Waals surface area contributed by atoms with Gasteiger partial charge in [-0.1, -0.05) is 18.2 Å². The number of hydrogen-bond acceptors (Lipinski definition) is 5. The van der Waals surface area contributed by atoms with Crippen molar-refractivity contribution in [2.45, 2.75) is 38.3 Å². The zero-order valence-corrected chi connectivity index (χ0v) is 16.7. The summed E-state index contributed by atoms with van der Waals surface area (Å²) in [5.41, 5.74) is 0.645. The van der Waals surface area contributed by atoms with Crippen LogP contribution in [-0.2, 0) is 16.0 Å². The fraction of sp³-hybridized carbons (Fsp3) is 0.381. The van der Waals surface area contributed by atoms with E-state index in [1.807, 2.05) is 0 Å². The maximum atomic E-state index is 14.0. The molecule has 3 amide bonds. The lowest BCUT2D eigenvalue weighted by atomic mass is 10.0. The van der Waals surface area contributed by atoms with Crippen LogP contribution >= 0.6 is 0 Å². The highest BCUT2D eigenvalue weighted by Gasteiger charge is 2.28. The molecule has 2 heterocycles. The summed E-state index contributed by atoms with van der Waals surface area (Å²) in [4.78, 5) is 46.4. The van der Waals surface area contributed by atoms with E-state index in [-0.39, 0.29) is 35.9 Å². The van der Waals surface area contributed by atoms with Crippen LogP contribution in [0.15, 0.2) is 42.9 Å². The molecule has 0 radical (unpaired) electrons. The quantitative estimate of drug-likeness (QED) is 0.738. The molecule has 8 nitrogen and oxygen atoms in total. The van der Waals surface area contributed by atoms with Crippen molar-refractivity contribution < 1.29 is 18.8 Å². The number of nitrogens with one attached hydrogen (secondary N) is 2. The van der Waals surface area contributed by atoms with Crippen molar-refractivity contribution in [3.63, 3.8) is 0 Å². The molecule has 3 rings (SSSR count). The number of carbonyl (C=O) groups excluding carboxylic acids is 3. The summed E-state index contributed by atoms with van der Waals surface area (Å²) in [5, 5.41) is 5.52. The Balaban J connectivity index is 1.56. The number of nitrogens with zero attached hydrogens (tertiary/aromatic N) is 3. The lowest BCUT2D eigenvalue weighted by molar-refractivity contribution is -0.128. The van der Waals surface area contributed by atoms with Crippen LogP contribution in [0.1, 0.15) is 35.8 Å². The van der Waals surface area contributed by atoms with Crippen molar-refractivity contribution >= 4 is 17.7 Å². The van der Waals surface area contributed by atoms with Crippen molar-refractivity contribution in [2.75, 3.05) is 13.1 Å². The summed E-state index contributed by atoms with van der Waals surface area (Å²) in [6.07, 6.45) is 5.61. The molecular weight excluding hydrogens is 389 g/mol. The number of likely N-dealkylation sites (tertiary alicyclic amines) is 1. The van der Waals surface area contributed by atoms with Crippen LogP contribution in [0.25, 0.3) is 0 Å². The van der Waals surface area contributed by atoms with Gasteiger partial charge in [0.05, 0.1) is 6.20 Å². The Morgan fingerprint density at radius 3 is 2.57 bits per heavy atom. The van der Waals surface area contributed by atoms with E-state index in [0.29, 0.717) is 31.5 Å². The Morgan fingerprint density at radius 1 is 1.20 bits per heavy atom. The summed E-state index contributed by atoms with van der Waals surface area (Å²) in [7, 11) is 0. The van der Waals surface area contributed by atoms with Gasteiger partial charge >= 0.3 is 0 Å². The summed E-state index contributed by atoms with van der Waals surface area (Å²) in [6.45, 7) is 2.26. The van der Waals surface area contributed by atoms with E-state index in [4.69, 9.17) is 0 Å². The summed E-state index contributed by atoms with van der Waals surface area (Å²) in [6, 6.07) is 5.16. The molecule has 1 aliphatic heterocycles. The maximum Gasteiger partial charge on any atom is 0.274 e. The largest absolute Gasteiger partial charge is 0.351 e. The van der Waals surface area contributed by atoms with Crippen molar-refractivity contribution in [1.82, 2.24) is 25.5 Å². The second kappa shape index (κ2) is 9.91. The van der Waals surface area contributed by atoms with Crippen molar-refractivity contribution in [1.29, 1.82) is 0 Å². The molecule has 1 aromatic heterocycles. The first-order chi connectivity index (χ1) is 14.4. The Kier molecular flexibility index (Phi) is 7.05. The molecule has 2 aromatic rings. The number of halogens is 1. The normalized spacial score (nSPS) is 15.3. The molecule has 1 aromatic carbocycles. The smallest absolute Gasteiger partial charge is 0.274 e. The molecule has 0 aliphatic carbocycles. The van der Waals surface area contributed by atoms with Crippen LogP contribution in [-0.4, -0.2) is 57.8 Å². The van der Waals surface area contributed by atoms with Crippen molar-refractivity contribution in [3.05, 3.63) is 59.9 Å². The van der Waals surface area contributed by atoms with E-state index in [0.717, 1.165) is 0 Å². The topological polar surface area (TPSA) is 104 Å². The van der Waals surface area contributed by atoms with Gasteiger partial charge in [-0.3, -0.25) is 19.4 Å². The molecule has 158 valence electrons. The predicted molar refractivity (Wildman–Crippen MR) is 107 cm³/mol. The van der Waals surface area contributed by atoms with Crippen LogP contribution in [0.2, 0.25) is 0 Å². The minimum Gasteiger partial charge on any atom is -0.351 e. The molecule has 2 N–H and O–H groups in total. The molecule has 9 heteroatoms. The summed E-state index contributed by atoms with van der Waals surface area (Å²) in [5.74, 6) is -1.34. The molecule has 0 bridgehead atoms. The molecule has 30 heavy (non-hydrogen) atoms. The highest BCUT2D eigenvalue weighted by atomic mass is 19.1. The summed E-state index contributed by atoms with van der Waals surface area (Å²) < 4.78 is 14.0. The predicted octanol–water partition coefficient (Wildman–Crippen LogP) is 1.08. The van der Waals surface area contributed by atoms with Crippen LogP contribution in [0.5, 0.6) is 0 Å². The molecule has 1 aliphatic rings. The maximum absolute atomic E-state index is 14.0. The number of rotatable bonds is 6.